The van der Waals surface area contributed by atoms with Crippen LogP contribution in [0.1, 0.15) is 40.0 Å². The van der Waals surface area contributed by atoms with Crippen molar-refractivity contribution in [1.29, 1.82) is 5.26 Å². The van der Waals surface area contributed by atoms with Crippen LogP contribution in [0.15, 0.2) is 0 Å². The van der Waals surface area contributed by atoms with Crippen molar-refractivity contribution in [2.45, 2.75) is 45.6 Å². The monoisotopic (exact) mass is 227 g/mol. The maximum absolute atomic E-state index is 11.2. The van der Waals surface area contributed by atoms with Gasteiger partial charge in [-0.2, -0.15) is 5.26 Å². The Morgan fingerprint density at radius 3 is 2.31 bits per heavy atom. The summed E-state index contributed by atoms with van der Waals surface area (Å²) in [6, 6.07) is 1.83. The number of hydrogen-bond donors (Lipinski definition) is 0. The van der Waals surface area contributed by atoms with Crippen LogP contribution in [0.4, 0.5) is 0 Å². The maximum Gasteiger partial charge on any atom is 0.307 e. The van der Waals surface area contributed by atoms with Crippen LogP contribution in [-0.2, 0) is 19.1 Å². The zero-order valence-corrected chi connectivity index (χ0v) is 9.91. The summed E-state index contributed by atoms with van der Waals surface area (Å²) in [5.41, 5.74) is -1.15. The van der Waals surface area contributed by atoms with Crippen LogP contribution in [0.5, 0.6) is 0 Å². The van der Waals surface area contributed by atoms with Gasteiger partial charge in [-0.25, -0.2) is 0 Å². The molecule has 0 heterocycles. The molecule has 0 amide bonds. The lowest BCUT2D eigenvalue weighted by atomic mass is 10.2. The van der Waals surface area contributed by atoms with Gasteiger partial charge < -0.3 is 9.47 Å². The first-order valence-electron chi connectivity index (χ1n) is 5.20. The van der Waals surface area contributed by atoms with Crippen molar-refractivity contribution < 1.29 is 19.1 Å². The van der Waals surface area contributed by atoms with Gasteiger partial charge in [0.25, 0.3) is 0 Å². The highest BCUT2D eigenvalue weighted by Crippen LogP contribution is 2.09. The Kier molecular flexibility index (Phi) is 6.16. The third-order valence-corrected chi connectivity index (χ3v) is 1.64. The van der Waals surface area contributed by atoms with Crippen LogP contribution < -0.4 is 0 Å². The van der Waals surface area contributed by atoms with Crippen molar-refractivity contribution in [2.75, 3.05) is 6.61 Å². The highest BCUT2D eigenvalue weighted by Gasteiger charge is 2.22. The number of esters is 2. The SMILES string of the molecule is CCCOC(=O)CCC(=O)OC(C)(C)C#N. The van der Waals surface area contributed by atoms with E-state index in [-0.39, 0.29) is 12.8 Å². The summed E-state index contributed by atoms with van der Waals surface area (Å²) in [7, 11) is 0. The molecule has 0 radical (unpaired) electrons. The molecule has 0 bridgehead atoms. The van der Waals surface area contributed by atoms with Crippen molar-refractivity contribution in [3.63, 3.8) is 0 Å². The Balaban J connectivity index is 3.83. The second kappa shape index (κ2) is 6.83. The molecule has 90 valence electrons. The molecule has 0 aromatic rings. The Labute approximate surface area is 95.3 Å². The molecule has 16 heavy (non-hydrogen) atoms. The molecule has 0 aromatic heterocycles. The molecule has 0 aromatic carbocycles. The summed E-state index contributed by atoms with van der Waals surface area (Å²) in [4.78, 5) is 22.3. The first-order valence-corrected chi connectivity index (χ1v) is 5.20. The molecule has 0 rings (SSSR count). The summed E-state index contributed by atoms with van der Waals surface area (Å²) in [6.07, 6.45) is 0.672. The number of ether oxygens (including phenoxy) is 2. The minimum Gasteiger partial charge on any atom is -0.466 e. The number of rotatable bonds is 6. The zero-order chi connectivity index (χ0) is 12.6. The van der Waals surface area contributed by atoms with E-state index in [1.54, 1.807) is 0 Å². The lowest BCUT2D eigenvalue weighted by Crippen LogP contribution is -2.26. The number of nitrogens with zero attached hydrogens (tertiary/aromatic N) is 1. The summed E-state index contributed by atoms with van der Waals surface area (Å²) >= 11 is 0. The van der Waals surface area contributed by atoms with E-state index in [4.69, 9.17) is 14.7 Å². The minimum atomic E-state index is -1.15. The third-order valence-electron chi connectivity index (χ3n) is 1.64. The standard InChI is InChI=1S/C11H17NO4/c1-4-7-15-9(13)5-6-10(14)16-11(2,3)8-12/h4-7H2,1-3H3. The van der Waals surface area contributed by atoms with Gasteiger partial charge >= 0.3 is 11.9 Å². The van der Waals surface area contributed by atoms with E-state index in [1.807, 2.05) is 13.0 Å². The van der Waals surface area contributed by atoms with Gasteiger partial charge in [0.15, 0.2) is 5.60 Å². The molecule has 5 heteroatoms. The highest BCUT2D eigenvalue weighted by molar-refractivity contribution is 5.77. The van der Waals surface area contributed by atoms with Crippen LogP contribution in [0.2, 0.25) is 0 Å². The van der Waals surface area contributed by atoms with Crippen molar-refractivity contribution in [3.8, 4) is 6.07 Å². The zero-order valence-electron chi connectivity index (χ0n) is 9.91. The fourth-order valence-electron chi connectivity index (χ4n) is 0.851. The van der Waals surface area contributed by atoms with Gasteiger partial charge in [-0.3, -0.25) is 9.59 Å². The van der Waals surface area contributed by atoms with E-state index in [9.17, 15) is 9.59 Å². The van der Waals surface area contributed by atoms with Crippen molar-refractivity contribution in [1.82, 2.24) is 0 Å². The van der Waals surface area contributed by atoms with Gasteiger partial charge in [-0.05, 0) is 20.3 Å². The highest BCUT2D eigenvalue weighted by atomic mass is 16.6. The van der Waals surface area contributed by atoms with E-state index < -0.39 is 17.5 Å². The summed E-state index contributed by atoms with van der Waals surface area (Å²) in [5.74, 6) is -0.992. The first kappa shape index (κ1) is 14.4. The molecule has 0 N–H and O–H groups in total. The van der Waals surface area contributed by atoms with Crippen molar-refractivity contribution in [2.24, 2.45) is 0 Å². The average molecular weight is 227 g/mol. The molecule has 0 aliphatic carbocycles. The Hall–Kier alpha value is -1.57. The predicted molar refractivity (Wildman–Crippen MR) is 56.3 cm³/mol. The van der Waals surface area contributed by atoms with E-state index >= 15 is 0 Å². The molecule has 0 fully saturated rings. The average Bonchev–Trinajstić information content (AvgIpc) is 2.23. The molecule has 0 aliphatic heterocycles. The Bertz CT molecular complexity index is 291. The quantitative estimate of drug-likeness (QED) is 0.643. The van der Waals surface area contributed by atoms with Gasteiger partial charge in [-0.15, -0.1) is 0 Å². The molecular weight excluding hydrogens is 210 g/mol. The van der Waals surface area contributed by atoms with Gasteiger partial charge in [0.2, 0.25) is 0 Å². The molecule has 0 aliphatic rings. The smallest absolute Gasteiger partial charge is 0.307 e. The number of nitriles is 1. The largest absolute Gasteiger partial charge is 0.466 e. The Morgan fingerprint density at radius 2 is 1.81 bits per heavy atom. The van der Waals surface area contributed by atoms with E-state index in [1.165, 1.54) is 13.8 Å². The number of carbonyl (C=O) groups excluding carboxylic acids is 2. The summed E-state index contributed by atoms with van der Waals surface area (Å²) in [6.45, 7) is 5.22. The Morgan fingerprint density at radius 1 is 1.25 bits per heavy atom. The van der Waals surface area contributed by atoms with Crippen LogP contribution >= 0.6 is 0 Å². The second-order valence-electron chi connectivity index (χ2n) is 3.82. The van der Waals surface area contributed by atoms with Crippen molar-refractivity contribution >= 4 is 11.9 Å². The number of hydrogen-bond acceptors (Lipinski definition) is 5. The van der Waals surface area contributed by atoms with E-state index in [0.717, 1.165) is 6.42 Å². The van der Waals surface area contributed by atoms with Crippen LogP contribution in [0, 0.1) is 11.3 Å². The van der Waals surface area contributed by atoms with Gasteiger partial charge in [0.1, 0.15) is 6.07 Å². The molecule has 0 atom stereocenters. The molecule has 0 unspecified atom stereocenters. The topological polar surface area (TPSA) is 76.4 Å². The van der Waals surface area contributed by atoms with E-state index in [2.05, 4.69) is 0 Å². The normalized spacial score (nSPS) is 10.4. The molecular formula is C11H17NO4. The van der Waals surface area contributed by atoms with Gasteiger partial charge in [0.05, 0.1) is 19.4 Å². The third kappa shape index (κ3) is 6.82. The van der Waals surface area contributed by atoms with Crippen LogP contribution in [-0.4, -0.2) is 24.1 Å². The molecule has 5 nitrogen and oxygen atoms in total. The lowest BCUT2D eigenvalue weighted by Gasteiger charge is -2.16. The fraction of sp³-hybridized carbons (Fsp3) is 0.727. The minimum absolute atomic E-state index is 0.0135. The van der Waals surface area contributed by atoms with Crippen LogP contribution in [0.25, 0.3) is 0 Å². The molecule has 0 saturated heterocycles. The summed E-state index contributed by atoms with van der Waals surface area (Å²) < 4.78 is 9.62. The predicted octanol–water partition coefficient (Wildman–Crippen LogP) is 1.57. The van der Waals surface area contributed by atoms with Gasteiger partial charge in [0, 0.05) is 0 Å². The molecule has 0 saturated carbocycles. The van der Waals surface area contributed by atoms with Crippen molar-refractivity contribution in [3.05, 3.63) is 0 Å². The summed E-state index contributed by atoms with van der Waals surface area (Å²) in [5, 5.41) is 8.62. The maximum atomic E-state index is 11.2. The number of carbonyl (C=O) groups is 2. The lowest BCUT2D eigenvalue weighted by molar-refractivity contribution is -0.155. The fourth-order valence-corrected chi connectivity index (χ4v) is 0.851. The van der Waals surface area contributed by atoms with E-state index in [0.29, 0.717) is 6.61 Å². The van der Waals surface area contributed by atoms with Crippen LogP contribution in [0.3, 0.4) is 0 Å². The first-order chi connectivity index (χ1) is 7.41. The second-order valence-corrected chi connectivity index (χ2v) is 3.82. The van der Waals surface area contributed by atoms with Gasteiger partial charge in [-0.1, -0.05) is 6.92 Å². The molecule has 0 spiro atoms.